The number of hydrogen-bond acceptors (Lipinski definition) is 3. The highest BCUT2D eigenvalue weighted by Gasteiger charge is 2.09. The van der Waals surface area contributed by atoms with E-state index in [1.165, 1.54) is 44.9 Å². The molecule has 0 saturated heterocycles. The van der Waals surface area contributed by atoms with Gasteiger partial charge in [-0.3, -0.25) is 4.79 Å². The van der Waals surface area contributed by atoms with Gasteiger partial charge in [0.2, 0.25) is 0 Å². The Morgan fingerprint density at radius 1 is 0.784 bits per heavy atom. The molecule has 0 fully saturated rings. The van der Waals surface area contributed by atoms with E-state index in [9.17, 15) is 15.0 Å². The van der Waals surface area contributed by atoms with Crippen molar-refractivity contribution < 1.29 is 20.1 Å². The second-order valence-electron chi connectivity index (χ2n) is 9.64. The van der Waals surface area contributed by atoms with Gasteiger partial charge in [-0.15, -0.1) is 0 Å². The zero-order chi connectivity index (χ0) is 27.4. The van der Waals surface area contributed by atoms with Crippen molar-refractivity contribution in [2.75, 3.05) is 0 Å². The summed E-state index contributed by atoms with van der Waals surface area (Å²) in [6.45, 7) is 3.85. The SMILES string of the molecule is CC/C=C\C[C@H](O)C#C/C=C/C=C/[C@H](O)C/C=C\C/C=C\CCCCCCCCCCCC(C)C(=O)O. The molecule has 0 rings (SSSR count). The van der Waals surface area contributed by atoms with Gasteiger partial charge in [0.25, 0.3) is 0 Å². The Morgan fingerprint density at radius 3 is 2.08 bits per heavy atom. The third-order valence-corrected chi connectivity index (χ3v) is 6.05. The van der Waals surface area contributed by atoms with Crippen LogP contribution in [-0.2, 0) is 4.79 Å². The molecule has 0 heterocycles. The Morgan fingerprint density at radius 2 is 1.41 bits per heavy atom. The van der Waals surface area contributed by atoms with Crippen molar-refractivity contribution >= 4 is 5.97 Å². The molecule has 0 aliphatic heterocycles. The minimum atomic E-state index is -0.674. The van der Waals surface area contributed by atoms with E-state index < -0.39 is 18.2 Å². The zero-order valence-corrected chi connectivity index (χ0v) is 23.4. The third-order valence-electron chi connectivity index (χ3n) is 6.05. The van der Waals surface area contributed by atoms with Crippen LogP contribution in [0.15, 0.2) is 60.8 Å². The molecule has 3 atom stereocenters. The molecule has 37 heavy (non-hydrogen) atoms. The molecule has 0 bridgehead atoms. The summed E-state index contributed by atoms with van der Waals surface area (Å²) < 4.78 is 0. The predicted molar refractivity (Wildman–Crippen MR) is 157 cm³/mol. The Bertz CT molecular complexity index is 748. The molecule has 4 nitrogen and oxygen atoms in total. The largest absolute Gasteiger partial charge is 0.481 e. The molecule has 0 aliphatic carbocycles. The monoisotopic (exact) mass is 512 g/mol. The van der Waals surface area contributed by atoms with Crippen molar-refractivity contribution in [3.05, 3.63) is 60.8 Å². The lowest BCUT2D eigenvalue weighted by atomic mass is 10.0. The van der Waals surface area contributed by atoms with Crippen LogP contribution in [0.1, 0.15) is 110 Å². The van der Waals surface area contributed by atoms with Crippen LogP contribution in [0, 0.1) is 17.8 Å². The van der Waals surface area contributed by atoms with Crippen molar-refractivity contribution in [2.24, 2.45) is 5.92 Å². The molecule has 0 amide bonds. The summed E-state index contributed by atoms with van der Waals surface area (Å²) >= 11 is 0. The number of rotatable bonds is 22. The van der Waals surface area contributed by atoms with Gasteiger partial charge in [-0.2, -0.15) is 0 Å². The van der Waals surface area contributed by atoms with Crippen LogP contribution >= 0.6 is 0 Å². The summed E-state index contributed by atoms with van der Waals surface area (Å²) in [6.07, 6.45) is 34.3. The molecule has 0 spiro atoms. The summed E-state index contributed by atoms with van der Waals surface area (Å²) in [4.78, 5) is 10.8. The molecule has 0 aromatic heterocycles. The molecule has 0 aliphatic rings. The maximum Gasteiger partial charge on any atom is 0.306 e. The first-order chi connectivity index (χ1) is 18.0. The number of carboxylic acid groups (broad SMARTS) is 1. The van der Waals surface area contributed by atoms with E-state index in [0.717, 1.165) is 38.5 Å². The van der Waals surface area contributed by atoms with Crippen molar-refractivity contribution in [1.82, 2.24) is 0 Å². The smallest absolute Gasteiger partial charge is 0.306 e. The van der Waals surface area contributed by atoms with Gasteiger partial charge in [0.05, 0.1) is 12.0 Å². The Balaban J connectivity index is 3.61. The summed E-state index contributed by atoms with van der Waals surface area (Å²) in [5, 5.41) is 28.5. The highest BCUT2D eigenvalue weighted by molar-refractivity contribution is 5.69. The van der Waals surface area contributed by atoms with Crippen LogP contribution in [0.25, 0.3) is 0 Å². The Labute approximate surface area is 227 Å². The predicted octanol–water partition coefficient (Wildman–Crippen LogP) is 8.08. The van der Waals surface area contributed by atoms with Crippen molar-refractivity contribution in [3.63, 3.8) is 0 Å². The number of hydrogen-bond donors (Lipinski definition) is 3. The average molecular weight is 513 g/mol. The number of unbranched alkanes of at least 4 members (excludes halogenated alkanes) is 9. The van der Waals surface area contributed by atoms with E-state index in [1.54, 1.807) is 31.2 Å². The lowest BCUT2D eigenvalue weighted by Gasteiger charge is -2.05. The molecule has 0 aromatic carbocycles. The van der Waals surface area contributed by atoms with Crippen LogP contribution < -0.4 is 0 Å². The maximum atomic E-state index is 10.8. The van der Waals surface area contributed by atoms with Crippen LogP contribution in [0.4, 0.5) is 0 Å². The fourth-order valence-corrected chi connectivity index (χ4v) is 3.67. The van der Waals surface area contributed by atoms with Gasteiger partial charge in [0.15, 0.2) is 0 Å². The highest BCUT2D eigenvalue weighted by Crippen LogP contribution is 2.14. The van der Waals surface area contributed by atoms with Crippen molar-refractivity contribution in [3.8, 4) is 11.8 Å². The number of aliphatic carboxylic acids is 1. The van der Waals surface area contributed by atoms with Crippen LogP contribution in [0.5, 0.6) is 0 Å². The van der Waals surface area contributed by atoms with Crippen LogP contribution in [-0.4, -0.2) is 33.5 Å². The number of aliphatic hydroxyl groups excluding tert-OH is 2. The van der Waals surface area contributed by atoms with Crippen LogP contribution in [0.2, 0.25) is 0 Å². The molecule has 4 heteroatoms. The van der Waals surface area contributed by atoms with E-state index in [-0.39, 0.29) is 5.92 Å². The zero-order valence-electron chi connectivity index (χ0n) is 23.4. The van der Waals surface area contributed by atoms with Crippen molar-refractivity contribution in [2.45, 2.75) is 122 Å². The first-order valence-corrected chi connectivity index (χ1v) is 14.4. The van der Waals surface area contributed by atoms with E-state index in [1.807, 2.05) is 18.2 Å². The molecule has 0 radical (unpaired) electrons. The number of carboxylic acids is 1. The lowest BCUT2D eigenvalue weighted by molar-refractivity contribution is -0.141. The standard InChI is InChI=1S/C33H52O4/c1-3-4-20-26-31(34)28-23-18-19-24-29-32(35)27-22-17-15-13-11-9-7-5-6-8-10-12-14-16-21-25-30(2)33(36)37/h4,11,13,17-20,22,24,29-32,34-35H,3,5-10,12,14-16,21,25-27H2,1-2H3,(H,36,37)/b13-11-,19-18+,20-4-,22-17-,29-24+/t30?,31-,32+/m0/s1. The van der Waals surface area contributed by atoms with Gasteiger partial charge >= 0.3 is 5.97 Å². The minimum absolute atomic E-state index is 0.203. The molecule has 208 valence electrons. The number of allylic oxidation sites excluding steroid dienone is 7. The van der Waals surface area contributed by atoms with Crippen LogP contribution in [0.3, 0.4) is 0 Å². The van der Waals surface area contributed by atoms with Gasteiger partial charge in [-0.25, -0.2) is 0 Å². The lowest BCUT2D eigenvalue weighted by Crippen LogP contribution is -2.08. The Hall–Kier alpha value is -2.35. The van der Waals surface area contributed by atoms with Crippen molar-refractivity contribution in [1.29, 1.82) is 0 Å². The van der Waals surface area contributed by atoms with Gasteiger partial charge < -0.3 is 15.3 Å². The average Bonchev–Trinajstić information content (AvgIpc) is 2.87. The van der Waals surface area contributed by atoms with Gasteiger partial charge in [-0.05, 0) is 44.6 Å². The second-order valence-corrected chi connectivity index (χ2v) is 9.64. The van der Waals surface area contributed by atoms with Gasteiger partial charge in [0.1, 0.15) is 6.10 Å². The summed E-state index contributed by atoms with van der Waals surface area (Å²) in [5.41, 5.74) is 0. The minimum Gasteiger partial charge on any atom is -0.481 e. The van der Waals surface area contributed by atoms with E-state index in [2.05, 4.69) is 37.0 Å². The van der Waals surface area contributed by atoms with Gasteiger partial charge in [0, 0.05) is 6.42 Å². The fourth-order valence-electron chi connectivity index (χ4n) is 3.67. The maximum absolute atomic E-state index is 10.8. The third kappa shape index (κ3) is 26.5. The van der Waals surface area contributed by atoms with Gasteiger partial charge in [-0.1, -0.05) is 132 Å². The normalized spacial score (nSPS) is 14.7. The molecule has 3 N–H and O–H groups in total. The summed E-state index contributed by atoms with van der Waals surface area (Å²) in [7, 11) is 0. The van der Waals surface area contributed by atoms with E-state index in [4.69, 9.17) is 5.11 Å². The molecule has 1 unspecified atom stereocenters. The highest BCUT2D eigenvalue weighted by atomic mass is 16.4. The summed E-state index contributed by atoms with van der Waals surface area (Å²) in [5.74, 6) is 4.69. The molecular formula is C33H52O4. The van der Waals surface area contributed by atoms with E-state index >= 15 is 0 Å². The summed E-state index contributed by atoms with van der Waals surface area (Å²) in [6, 6.07) is 0. The second kappa shape index (κ2) is 26.7. The van der Waals surface area contributed by atoms with E-state index in [0.29, 0.717) is 12.8 Å². The molecule has 0 aromatic rings. The number of aliphatic hydroxyl groups is 2. The number of carbonyl (C=O) groups is 1. The topological polar surface area (TPSA) is 77.8 Å². The molecule has 0 saturated carbocycles. The quantitative estimate of drug-likeness (QED) is 0.0593. The molecular weight excluding hydrogens is 460 g/mol. The first kappa shape index (κ1) is 34.6. The fraction of sp³-hybridized carbons (Fsp3) is 0.606. The first-order valence-electron chi connectivity index (χ1n) is 14.4. The Kier molecular flexibility index (Phi) is 25.0.